The first-order valence-corrected chi connectivity index (χ1v) is 17.7. The summed E-state index contributed by atoms with van der Waals surface area (Å²) in [7, 11) is 6.23. The van der Waals surface area contributed by atoms with E-state index in [-0.39, 0.29) is 37.2 Å². The molecule has 5 rings (SSSR count). The van der Waals surface area contributed by atoms with Crippen LogP contribution in [0.15, 0.2) is 60.7 Å². The Kier molecular flexibility index (Phi) is 16.6. The topological polar surface area (TPSA) is 262 Å². The summed E-state index contributed by atoms with van der Waals surface area (Å²) in [6, 6.07) is 15.3. The number of ether oxygens (including phenoxy) is 4. The third-order valence-corrected chi connectivity index (χ3v) is 9.85. The highest BCUT2D eigenvalue weighted by Gasteiger charge is 2.42. The van der Waals surface area contributed by atoms with E-state index in [0.29, 0.717) is 41.7 Å². The van der Waals surface area contributed by atoms with Crippen LogP contribution in [0.2, 0.25) is 0 Å². The van der Waals surface area contributed by atoms with Crippen molar-refractivity contribution in [3.8, 4) is 23.0 Å². The maximum atomic E-state index is 12.1. The number of carbonyl (C=O) groups excluding carboxylic acids is 2. The minimum Gasteiger partial charge on any atom is -0.497 e. The lowest BCUT2D eigenvalue weighted by Gasteiger charge is -2.18. The number of hydrogen-bond acceptors (Lipinski definition) is 13. The quantitative estimate of drug-likeness (QED) is 0.116. The van der Waals surface area contributed by atoms with Crippen LogP contribution < -0.4 is 24.7 Å². The first-order chi connectivity index (χ1) is 27.0. The van der Waals surface area contributed by atoms with Crippen molar-refractivity contribution in [3.63, 3.8) is 0 Å². The summed E-state index contributed by atoms with van der Waals surface area (Å²) in [5.41, 5.74) is 7.45. The number of aliphatic hydroxyl groups excluding tert-OH is 2. The van der Waals surface area contributed by atoms with E-state index in [1.807, 2.05) is 12.1 Å². The van der Waals surface area contributed by atoms with Gasteiger partial charge >= 0.3 is 11.9 Å². The van der Waals surface area contributed by atoms with E-state index in [2.05, 4.69) is 0 Å². The van der Waals surface area contributed by atoms with Gasteiger partial charge in [-0.2, -0.15) is 0 Å². The number of benzene rings is 3. The molecular weight excluding hydrogens is 748 g/mol. The average molecular weight is 799 g/mol. The highest BCUT2D eigenvalue weighted by Crippen LogP contribution is 2.32. The fraction of sp³-hybridized carbons (Fsp3) is 0.436. The van der Waals surface area contributed by atoms with Gasteiger partial charge in [0.15, 0.2) is 0 Å². The molecule has 0 bridgehead atoms. The van der Waals surface area contributed by atoms with Crippen molar-refractivity contribution < 1.29 is 63.5 Å². The Bertz CT molecular complexity index is 1770. The molecule has 2 fully saturated rings. The molecule has 0 radical (unpaired) electrons. The Labute approximate surface area is 329 Å². The summed E-state index contributed by atoms with van der Waals surface area (Å²) in [4.78, 5) is 59.5. The van der Waals surface area contributed by atoms with Crippen molar-refractivity contribution in [1.82, 2.24) is 9.80 Å². The van der Waals surface area contributed by atoms with Crippen LogP contribution in [0.3, 0.4) is 0 Å². The number of nitro groups is 1. The molecule has 2 aliphatic heterocycles. The Morgan fingerprint density at radius 1 is 0.772 bits per heavy atom. The molecule has 3 aromatic rings. The van der Waals surface area contributed by atoms with Crippen molar-refractivity contribution in [1.29, 1.82) is 0 Å². The molecule has 0 spiro atoms. The highest BCUT2D eigenvalue weighted by atomic mass is 16.6. The van der Waals surface area contributed by atoms with Crippen LogP contribution in [0.25, 0.3) is 0 Å². The van der Waals surface area contributed by atoms with Crippen molar-refractivity contribution >= 4 is 29.4 Å². The molecule has 0 aliphatic carbocycles. The summed E-state index contributed by atoms with van der Waals surface area (Å²) in [5, 5.41) is 46.9. The Morgan fingerprint density at radius 3 is 1.47 bits per heavy atom. The van der Waals surface area contributed by atoms with Gasteiger partial charge in [-0.1, -0.05) is 13.8 Å². The fourth-order valence-electron chi connectivity index (χ4n) is 6.28. The molecule has 18 heteroatoms. The van der Waals surface area contributed by atoms with Crippen molar-refractivity contribution in [2.45, 2.75) is 39.1 Å². The van der Waals surface area contributed by atoms with E-state index in [4.69, 9.17) is 40.0 Å². The lowest BCUT2D eigenvalue weighted by molar-refractivity contribution is -0.384. The van der Waals surface area contributed by atoms with Crippen molar-refractivity contribution in [2.75, 3.05) is 48.1 Å². The summed E-state index contributed by atoms with van der Waals surface area (Å²) in [5.74, 6) is -1.86. The third-order valence-electron chi connectivity index (χ3n) is 9.85. The predicted octanol–water partition coefficient (Wildman–Crippen LogP) is 2.71. The van der Waals surface area contributed by atoms with E-state index in [9.17, 15) is 34.4 Å². The van der Waals surface area contributed by atoms with Gasteiger partial charge in [0.1, 0.15) is 23.0 Å². The molecule has 6 atom stereocenters. The molecule has 6 N–H and O–H groups in total. The summed E-state index contributed by atoms with van der Waals surface area (Å²) >= 11 is 0. The van der Waals surface area contributed by atoms with E-state index >= 15 is 0 Å². The number of nitro benzene ring substituents is 1. The fourth-order valence-corrected chi connectivity index (χ4v) is 6.28. The standard InChI is InChI=1S/2C15H19NO5.C9H12N2O4/c2*1-9-12(15(18)19)8-16(14(9)17)7-10-4-5-11(20-2)6-13(10)21-3;10-8(5-12)9(13)6-1-3-7(4-2-6)11(14)15/h2*4-6,9,12H,7-8H2,1-3H3,(H,18,19);1-4,8-9,12-13H,5,10H2/t9-,12+;;8-,9-/m1.1/s1. The Balaban J connectivity index is 0.000000233. The summed E-state index contributed by atoms with van der Waals surface area (Å²) in [6.45, 7) is 4.09. The second-order valence-electron chi connectivity index (χ2n) is 13.4. The molecule has 57 heavy (non-hydrogen) atoms. The maximum absolute atomic E-state index is 12.1. The number of rotatable bonds is 14. The van der Waals surface area contributed by atoms with Gasteiger partial charge in [-0.3, -0.25) is 29.3 Å². The van der Waals surface area contributed by atoms with Crippen LogP contribution in [-0.4, -0.2) is 113 Å². The van der Waals surface area contributed by atoms with Crippen molar-refractivity contribution in [3.05, 3.63) is 87.5 Å². The molecule has 2 unspecified atom stereocenters. The number of nitrogens with two attached hydrogens (primary N) is 1. The zero-order valence-corrected chi connectivity index (χ0v) is 32.6. The molecule has 0 aromatic heterocycles. The number of nitrogens with zero attached hydrogens (tertiary/aromatic N) is 3. The number of likely N-dealkylation sites (tertiary alicyclic amines) is 2. The second kappa shape index (κ2) is 20.8. The first-order valence-electron chi connectivity index (χ1n) is 17.7. The van der Waals surface area contributed by atoms with E-state index in [0.717, 1.165) is 11.1 Å². The number of carbonyl (C=O) groups is 4. The van der Waals surface area contributed by atoms with Gasteiger partial charge in [-0.05, 0) is 42.0 Å². The van der Waals surface area contributed by atoms with Crippen molar-refractivity contribution in [2.24, 2.45) is 29.4 Å². The number of hydrogen-bond donors (Lipinski definition) is 5. The summed E-state index contributed by atoms with van der Waals surface area (Å²) in [6.07, 6.45) is -1.02. The molecule has 2 saturated heterocycles. The number of amides is 2. The van der Waals surface area contributed by atoms with Gasteiger partial charge in [0.2, 0.25) is 11.8 Å². The van der Waals surface area contributed by atoms with Gasteiger partial charge in [-0.15, -0.1) is 0 Å². The number of methoxy groups -OCH3 is 4. The maximum Gasteiger partial charge on any atom is 0.309 e. The van der Waals surface area contributed by atoms with Gasteiger partial charge in [-0.25, -0.2) is 0 Å². The Morgan fingerprint density at radius 2 is 1.18 bits per heavy atom. The predicted molar refractivity (Wildman–Crippen MR) is 204 cm³/mol. The minimum atomic E-state index is -1.02. The van der Waals surface area contributed by atoms with Crippen LogP contribution in [0.5, 0.6) is 23.0 Å². The average Bonchev–Trinajstić information content (AvgIpc) is 3.66. The van der Waals surface area contributed by atoms with Gasteiger partial charge in [0.05, 0.1) is 75.8 Å². The number of carboxylic acids is 2. The lowest BCUT2D eigenvalue weighted by Crippen LogP contribution is -2.31. The summed E-state index contributed by atoms with van der Waals surface area (Å²) < 4.78 is 20.9. The molecule has 2 heterocycles. The Hall–Kier alpha value is -5.98. The van der Waals surface area contributed by atoms with Crippen LogP contribution in [0.4, 0.5) is 5.69 Å². The lowest BCUT2D eigenvalue weighted by atomic mass is 9.98. The van der Waals surface area contributed by atoms with Crippen LogP contribution >= 0.6 is 0 Å². The molecule has 3 aromatic carbocycles. The molecular formula is C39H50N4O14. The van der Waals surface area contributed by atoms with E-state index in [1.54, 1.807) is 76.4 Å². The third kappa shape index (κ3) is 11.5. The second-order valence-corrected chi connectivity index (χ2v) is 13.4. The van der Waals surface area contributed by atoms with Crippen LogP contribution in [-0.2, 0) is 32.3 Å². The zero-order chi connectivity index (χ0) is 42.6. The van der Waals surface area contributed by atoms with E-state index in [1.165, 1.54) is 24.3 Å². The van der Waals surface area contributed by atoms with Gasteiger partial charge in [0.25, 0.3) is 5.69 Å². The number of carboxylic acid groups (broad SMARTS) is 2. The highest BCUT2D eigenvalue weighted by molar-refractivity contribution is 5.88. The SMILES string of the molecule is COc1ccc(CN2CC(C(=O)O)C(C)C2=O)c(OC)c1.COc1ccc(CN2C[C@H](C(=O)O)[C@@H](C)C2=O)c(OC)c1.N[C@H](CO)[C@H](O)c1ccc([N+](=O)[O-])cc1. The van der Waals surface area contributed by atoms with Crippen LogP contribution in [0, 0.1) is 33.8 Å². The number of non-ortho nitro benzene ring substituents is 1. The smallest absolute Gasteiger partial charge is 0.309 e. The molecule has 310 valence electrons. The number of aliphatic hydroxyl groups is 2. The minimum absolute atomic E-state index is 0.0523. The zero-order valence-electron chi connectivity index (χ0n) is 32.6. The van der Waals surface area contributed by atoms with Gasteiger partial charge < -0.3 is 54.9 Å². The van der Waals surface area contributed by atoms with Crippen LogP contribution in [0.1, 0.15) is 36.6 Å². The normalized spacial score (nSPS) is 19.7. The molecule has 18 nitrogen and oxygen atoms in total. The first kappa shape index (κ1) is 45.4. The largest absolute Gasteiger partial charge is 0.497 e. The molecule has 2 aliphatic rings. The molecule has 2 amide bonds. The van der Waals surface area contributed by atoms with E-state index < -0.39 is 52.7 Å². The van der Waals surface area contributed by atoms with Gasteiger partial charge in [0, 0.05) is 61.6 Å². The number of aliphatic carboxylic acids is 2. The molecule has 0 saturated carbocycles. The monoisotopic (exact) mass is 798 g/mol.